The third-order valence-electron chi connectivity index (χ3n) is 6.63. The summed E-state index contributed by atoms with van der Waals surface area (Å²) in [4.78, 5) is 25.8. The van der Waals surface area contributed by atoms with Crippen LogP contribution in [0.15, 0.2) is 53.4 Å². The maximum Gasteiger partial charge on any atom is 0.270 e. The fourth-order valence-corrected chi connectivity index (χ4v) is 6.35. The van der Waals surface area contributed by atoms with E-state index in [1.54, 1.807) is 4.90 Å². The number of hydrogen-bond donors (Lipinski definition) is 0. The summed E-state index contributed by atoms with van der Waals surface area (Å²) in [6.45, 7) is 2.97. The average molecular weight is 458 g/mol. The second-order valence-electron chi connectivity index (χ2n) is 8.61. The molecule has 32 heavy (non-hydrogen) atoms. The molecule has 2 aromatic rings. The average Bonchev–Trinajstić information content (AvgIpc) is 3.30. The molecule has 0 atom stereocenters. The van der Waals surface area contributed by atoms with Crippen molar-refractivity contribution in [1.82, 2.24) is 9.21 Å². The van der Waals surface area contributed by atoms with Gasteiger partial charge in [-0.05, 0) is 31.4 Å². The minimum absolute atomic E-state index is 0.0768. The molecule has 1 saturated carbocycles. The Morgan fingerprint density at radius 1 is 1.00 bits per heavy atom. The molecular weight excluding hydrogens is 430 g/mol. The van der Waals surface area contributed by atoms with Crippen LogP contribution in [0.5, 0.6) is 0 Å². The van der Waals surface area contributed by atoms with E-state index in [1.165, 1.54) is 22.5 Å². The number of benzene rings is 2. The van der Waals surface area contributed by atoms with Crippen LogP contribution in [-0.2, 0) is 20.2 Å². The molecular formula is C23H27N3O5S. The SMILES string of the molecule is Cc1cccc(C2(C(=O)N3CCN(S(=O)(=O)c4cccc([N+](=O)[O-])c4)CC3)CCCC2)c1. The maximum atomic E-state index is 13.7. The van der Waals surface area contributed by atoms with E-state index in [-0.39, 0.29) is 29.6 Å². The number of rotatable bonds is 5. The van der Waals surface area contributed by atoms with Crippen molar-refractivity contribution in [3.63, 3.8) is 0 Å². The van der Waals surface area contributed by atoms with Crippen molar-refractivity contribution >= 4 is 21.6 Å². The summed E-state index contributed by atoms with van der Waals surface area (Å²) < 4.78 is 27.3. The second kappa shape index (κ2) is 8.63. The molecule has 2 fully saturated rings. The molecule has 0 radical (unpaired) electrons. The molecule has 8 nitrogen and oxygen atoms in total. The van der Waals surface area contributed by atoms with Gasteiger partial charge in [0.1, 0.15) is 0 Å². The van der Waals surface area contributed by atoms with Crippen LogP contribution in [-0.4, -0.2) is 54.6 Å². The molecule has 0 unspecified atom stereocenters. The second-order valence-corrected chi connectivity index (χ2v) is 10.5. The minimum atomic E-state index is -3.87. The molecule has 170 valence electrons. The molecule has 1 aliphatic heterocycles. The van der Waals surface area contributed by atoms with Gasteiger partial charge in [0.25, 0.3) is 5.69 Å². The number of nitro benzene ring substituents is 1. The fraction of sp³-hybridized carbons (Fsp3) is 0.435. The van der Waals surface area contributed by atoms with Gasteiger partial charge < -0.3 is 4.90 Å². The van der Waals surface area contributed by atoms with Gasteiger partial charge in [-0.3, -0.25) is 14.9 Å². The van der Waals surface area contributed by atoms with E-state index >= 15 is 0 Å². The van der Waals surface area contributed by atoms with Crippen LogP contribution < -0.4 is 0 Å². The maximum absolute atomic E-state index is 13.7. The fourth-order valence-electron chi connectivity index (χ4n) is 4.89. The molecule has 0 bridgehead atoms. The monoisotopic (exact) mass is 457 g/mol. The van der Waals surface area contributed by atoms with Gasteiger partial charge >= 0.3 is 0 Å². The van der Waals surface area contributed by atoms with Crippen molar-refractivity contribution in [1.29, 1.82) is 0 Å². The number of sulfonamides is 1. The zero-order chi connectivity index (χ0) is 22.9. The Labute approximate surface area is 188 Å². The summed E-state index contributed by atoms with van der Waals surface area (Å²) in [5.74, 6) is 0.0768. The number of aryl methyl sites for hydroxylation is 1. The van der Waals surface area contributed by atoms with Crippen molar-refractivity contribution in [2.75, 3.05) is 26.2 Å². The Kier molecular flexibility index (Phi) is 6.05. The number of piperazine rings is 1. The Morgan fingerprint density at radius 3 is 2.28 bits per heavy atom. The lowest BCUT2D eigenvalue weighted by molar-refractivity contribution is -0.385. The zero-order valence-corrected chi connectivity index (χ0v) is 18.9. The highest BCUT2D eigenvalue weighted by Gasteiger charge is 2.46. The van der Waals surface area contributed by atoms with Crippen molar-refractivity contribution < 1.29 is 18.1 Å². The number of carbonyl (C=O) groups is 1. The van der Waals surface area contributed by atoms with Gasteiger partial charge in [0, 0.05) is 38.3 Å². The molecule has 0 N–H and O–H groups in total. The van der Waals surface area contributed by atoms with Crippen LogP contribution in [0, 0.1) is 17.0 Å². The first-order valence-electron chi connectivity index (χ1n) is 10.9. The highest BCUT2D eigenvalue weighted by molar-refractivity contribution is 7.89. The molecule has 1 aliphatic carbocycles. The van der Waals surface area contributed by atoms with Crippen molar-refractivity contribution in [3.05, 3.63) is 69.8 Å². The van der Waals surface area contributed by atoms with E-state index in [0.29, 0.717) is 13.1 Å². The molecule has 0 aromatic heterocycles. The Morgan fingerprint density at radius 2 is 1.66 bits per heavy atom. The van der Waals surface area contributed by atoms with Gasteiger partial charge in [0.05, 0.1) is 15.2 Å². The first kappa shape index (κ1) is 22.4. The largest absolute Gasteiger partial charge is 0.339 e. The molecule has 2 aromatic carbocycles. The molecule has 1 amide bonds. The van der Waals surface area contributed by atoms with Crippen molar-refractivity contribution in [3.8, 4) is 0 Å². The normalized spacial score (nSPS) is 19.1. The van der Waals surface area contributed by atoms with Crippen LogP contribution >= 0.6 is 0 Å². The third-order valence-corrected chi connectivity index (χ3v) is 8.52. The predicted octanol–water partition coefficient (Wildman–Crippen LogP) is 3.25. The van der Waals surface area contributed by atoms with E-state index in [9.17, 15) is 23.3 Å². The topological polar surface area (TPSA) is 101 Å². The van der Waals surface area contributed by atoms with Gasteiger partial charge in [-0.1, -0.05) is 48.7 Å². The number of non-ortho nitro benzene ring substituents is 1. The molecule has 2 aliphatic rings. The molecule has 9 heteroatoms. The van der Waals surface area contributed by atoms with Gasteiger partial charge in [-0.15, -0.1) is 0 Å². The summed E-state index contributed by atoms with van der Waals surface area (Å²) >= 11 is 0. The lowest BCUT2D eigenvalue weighted by Crippen LogP contribution is -2.55. The lowest BCUT2D eigenvalue weighted by Gasteiger charge is -2.39. The highest BCUT2D eigenvalue weighted by Crippen LogP contribution is 2.43. The number of nitrogens with zero attached hydrogens (tertiary/aromatic N) is 3. The quantitative estimate of drug-likeness (QED) is 0.507. The lowest BCUT2D eigenvalue weighted by atomic mass is 9.77. The minimum Gasteiger partial charge on any atom is -0.339 e. The Bertz CT molecular complexity index is 1130. The standard InChI is InChI=1S/C23H27N3O5S/c1-18-6-4-7-19(16-18)23(10-2-3-11-23)22(27)24-12-14-25(15-13-24)32(30,31)21-9-5-8-20(17-21)26(28)29/h4-9,16-17H,2-3,10-15H2,1H3. The number of carbonyl (C=O) groups excluding carboxylic acids is 1. The zero-order valence-electron chi connectivity index (χ0n) is 18.1. The molecule has 0 spiro atoms. The van der Waals surface area contributed by atoms with Crippen LogP contribution in [0.4, 0.5) is 5.69 Å². The molecule has 4 rings (SSSR count). The first-order valence-corrected chi connectivity index (χ1v) is 12.3. The third kappa shape index (κ3) is 4.02. The van der Waals surface area contributed by atoms with E-state index in [1.807, 2.05) is 25.1 Å². The van der Waals surface area contributed by atoms with Gasteiger partial charge in [0.15, 0.2) is 0 Å². The Balaban J connectivity index is 1.51. The summed E-state index contributed by atoms with van der Waals surface area (Å²) in [6, 6.07) is 13.2. The van der Waals surface area contributed by atoms with Gasteiger partial charge in [-0.2, -0.15) is 4.31 Å². The summed E-state index contributed by atoms with van der Waals surface area (Å²) in [5, 5.41) is 11.0. The highest BCUT2D eigenvalue weighted by atomic mass is 32.2. The van der Waals surface area contributed by atoms with E-state index in [0.717, 1.165) is 42.9 Å². The first-order chi connectivity index (χ1) is 15.2. The van der Waals surface area contributed by atoms with Gasteiger partial charge in [-0.25, -0.2) is 8.42 Å². The number of hydrogen-bond acceptors (Lipinski definition) is 5. The summed E-state index contributed by atoms with van der Waals surface area (Å²) in [7, 11) is -3.87. The smallest absolute Gasteiger partial charge is 0.270 e. The van der Waals surface area contributed by atoms with Crippen LogP contribution in [0.3, 0.4) is 0 Å². The van der Waals surface area contributed by atoms with Crippen molar-refractivity contribution in [2.24, 2.45) is 0 Å². The van der Waals surface area contributed by atoms with Gasteiger partial charge in [0.2, 0.25) is 15.9 Å². The summed E-state index contributed by atoms with van der Waals surface area (Å²) in [6.07, 6.45) is 3.62. The van der Waals surface area contributed by atoms with Crippen LogP contribution in [0.2, 0.25) is 0 Å². The van der Waals surface area contributed by atoms with Crippen molar-refractivity contribution in [2.45, 2.75) is 42.9 Å². The molecule has 1 saturated heterocycles. The van der Waals surface area contributed by atoms with Crippen LogP contribution in [0.1, 0.15) is 36.8 Å². The van der Waals surface area contributed by atoms with E-state index in [2.05, 4.69) is 6.07 Å². The number of nitro groups is 1. The van der Waals surface area contributed by atoms with E-state index in [4.69, 9.17) is 0 Å². The number of amides is 1. The summed E-state index contributed by atoms with van der Waals surface area (Å²) in [5.41, 5.74) is 1.37. The molecule has 1 heterocycles. The van der Waals surface area contributed by atoms with Crippen LogP contribution in [0.25, 0.3) is 0 Å². The van der Waals surface area contributed by atoms with E-state index < -0.39 is 20.4 Å². The Hall–Kier alpha value is -2.78. The predicted molar refractivity (Wildman–Crippen MR) is 120 cm³/mol.